The highest BCUT2D eigenvalue weighted by Crippen LogP contribution is 2.36. The maximum absolute atomic E-state index is 13.2. The molecule has 0 aromatic rings. The van der Waals surface area contributed by atoms with Crippen LogP contribution in [-0.4, -0.2) is 61.8 Å². The normalized spacial score (nSPS) is 38.5. The Morgan fingerprint density at radius 3 is 2.72 bits per heavy atom. The summed E-state index contributed by atoms with van der Waals surface area (Å²) in [7, 11) is 0. The van der Waals surface area contributed by atoms with Crippen molar-refractivity contribution in [3.63, 3.8) is 0 Å². The highest BCUT2D eigenvalue weighted by Gasteiger charge is 2.40. The highest BCUT2D eigenvalue weighted by atomic mass is 16.7. The first-order chi connectivity index (χ1) is 15.5. The van der Waals surface area contributed by atoms with E-state index in [0.717, 1.165) is 38.6 Å². The van der Waals surface area contributed by atoms with Crippen LogP contribution >= 0.6 is 0 Å². The molecule has 4 N–H and O–H groups in total. The number of hydroxylamine groups is 1. The highest BCUT2D eigenvalue weighted by molar-refractivity contribution is 5.82. The lowest BCUT2D eigenvalue weighted by Gasteiger charge is -2.43. The number of ether oxygens (including phenoxy) is 1. The summed E-state index contributed by atoms with van der Waals surface area (Å²) in [5.41, 5.74) is 3.06. The van der Waals surface area contributed by atoms with E-state index in [1.165, 1.54) is 12.8 Å². The fraction of sp³-hybridized carbons (Fsp3) is 0.917. The number of nitrogens with one attached hydrogen (secondary N) is 4. The SMILES string of the molecule is CC1CCCNC1C(CCC(=O)NC1CCOC1)NC(=O)C1CC2CCCC(C)C2ON1. The van der Waals surface area contributed by atoms with Crippen molar-refractivity contribution < 1.29 is 19.2 Å². The average molecular weight is 451 g/mol. The molecule has 0 spiro atoms. The molecule has 4 rings (SSSR count). The number of hydrogen-bond acceptors (Lipinski definition) is 6. The van der Waals surface area contributed by atoms with Crippen LogP contribution in [0.15, 0.2) is 0 Å². The molecule has 1 aliphatic carbocycles. The Bertz CT molecular complexity index is 641. The molecule has 0 aromatic heterocycles. The van der Waals surface area contributed by atoms with Gasteiger partial charge in [-0.15, -0.1) is 0 Å². The Kier molecular flexibility index (Phi) is 8.43. The third-order valence-electron chi connectivity index (χ3n) is 8.03. The van der Waals surface area contributed by atoms with Crippen LogP contribution in [0.4, 0.5) is 0 Å². The number of fused-ring (bicyclic) bond motifs is 1. The molecule has 32 heavy (non-hydrogen) atoms. The zero-order valence-electron chi connectivity index (χ0n) is 19.7. The maximum atomic E-state index is 13.2. The standard InChI is InChI=1S/C24H42N4O4/c1-15-6-4-11-25-22(15)19(8-9-21(29)26-18-10-12-31-14-18)27-24(30)20-13-17-7-3-5-16(2)23(17)32-28-20/h15-20,22-23,25,28H,3-14H2,1-2H3,(H,26,29)(H,27,30). The molecule has 8 unspecified atom stereocenters. The number of amides is 2. The van der Waals surface area contributed by atoms with Crippen LogP contribution in [0.3, 0.4) is 0 Å². The Balaban J connectivity index is 1.33. The van der Waals surface area contributed by atoms with Crippen molar-refractivity contribution in [1.82, 2.24) is 21.4 Å². The molecule has 0 radical (unpaired) electrons. The Labute approximate surface area is 192 Å². The molecule has 0 aromatic carbocycles. The smallest absolute Gasteiger partial charge is 0.239 e. The fourth-order valence-corrected chi connectivity index (χ4v) is 6.10. The quantitative estimate of drug-likeness (QED) is 0.471. The van der Waals surface area contributed by atoms with Gasteiger partial charge in [0.2, 0.25) is 11.8 Å². The van der Waals surface area contributed by atoms with E-state index < -0.39 is 0 Å². The van der Waals surface area contributed by atoms with Gasteiger partial charge in [0, 0.05) is 25.1 Å². The fourth-order valence-electron chi connectivity index (χ4n) is 6.10. The summed E-state index contributed by atoms with van der Waals surface area (Å²) in [6.45, 7) is 6.75. The molecule has 0 bridgehead atoms. The van der Waals surface area contributed by atoms with E-state index in [2.05, 4.69) is 35.3 Å². The van der Waals surface area contributed by atoms with Crippen molar-refractivity contribution in [2.45, 2.75) is 102 Å². The monoisotopic (exact) mass is 450 g/mol. The van der Waals surface area contributed by atoms with Crippen LogP contribution in [0.1, 0.15) is 71.6 Å². The van der Waals surface area contributed by atoms with Gasteiger partial charge in [0.25, 0.3) is 0 Å². The van der Waals surface area contributed by atoms with E-state index in [-0.39, 0.29) is 42.1 Å². The first-order valence-electron chi connectivity index (χ1n) is 12.8. The van der Waals surface area contributed by atoms with Gasteiger partial charge in [0.15, 0.2) is 0 Å². The van der Waals surface area contributed by atoms with Gasteiger partial charge in [-0.1, -0.05) is 20.3 Å². The van der Waals surface area contributed by atoms with Crippen molar-refractivity contribution in [3.8, 4) is 0 Å². The molecule has 8 heteroatoms. The summed E-state index contributed by atoms with van der Waals surface area (Å²) in [5, 5.41) is 9.97. The second kappa shape index (κ2) is 11.3. The number of hydrogen-bond donors (Lipinski definition) is 4. The molecule has 4 fully saturated rings. The third kappa shape index (κ3) is 6.01. The Hall–Kier alpha value is -1.22. The van der Waals surface area contributed by atoms with E-state index >= 15 is 0 Å². The molecular formula is C24H42N4O4. The molecule has 1 saturated carbocycles. The van der Waals surface area contributed by atoms with Crippen molar-refractivity contribution in [2.75, 3.05) is 19.8 Å². The summed E-state index contributed by atoms with van der Waals surface area (Å²) >= 11 is 0. The number of rotatable bonds is 7. The zero-order chi connectivity index (χ0) is 22.5. The van der Waals surface area contributed by atoms with Crippen LogP contribution in [0, 0.1) is 17.8 Å². The van der Waals surface area contributed by atoms with Crippen LogP contribution < -0.4 is 21.4 Å². The van der Waals surface area contributed by atoms with Crippen molar-refractivity contribution in [1.29, 1.82) is 0 Å². The van der Waals surface area contributed by atoms with Gasteiger partial charge in [0.1, 0.15) is 6.04 Å². The average Bonchev–Trinajstić information content (AvgIpc) is 3.30. The number of carbonyl (C=O) groups excluding carboxylic acids is 2. The molecule has 2 amide bonds. The minimum absolute atomic E-state index is 0.00384. The van der Waals surface area contributed by atoms with Crippen molar-refractivity contribution in [2.24, 2.45) is 17.8 Å². The first kappa shape index (κ1) is 23.9. The van der Waals surface area contributed by atoms with E-state index in [0.29, 0.717) is 43.8 Å². The van der Waals surface area contributed by atoms with Gasteiger partial charge in [-0.2, -0.15) is 5.48 Å². The van der Waals surface area contributed by atoms with Crippen LogP contribution in [-0.2, 0) is 19.2 Å². The summed E-state index contributed by atoms with van der Waals surface area (Å²) < 4.78 is 5.36. The first-order valence-corrected chi connectivity index (χ1v) is 12.8. The van der Waals surface area contributed by atoms with Gasteiger partial charge in [-0.3, -0.25) is 14.4 Å². The van der Waals surface area contributed by atoms with E-state index in [4.69, 9.17) is 9.57 Å². The Morgan fingerprint density at radius 2 is 1.94 bits per heavy atom. The predicted molar refractivity (Wildman–Crippen MR) is 122 cm³/mol. The topological polar surface area (TPSA) is 101 Å². The van der Waals surface area contributed by atoms with Crippen molar-refractivity contribution in [3.05, 3.63) is 0 Å². The lowest BCUT2D eigenvalue weighted by atomic mass is 9.76. The molecule has 182 valence electrons. The minimum atomic E-state index is -0.326. The molecular weight excluding hydrogens is 408 g/mol. The van der Waals surface area contributed by atoms with Crippen molar-refractivity contribution >= 4 is 11.8 Å². The third-order valence-corrected chi connectivity index (χ3v) is 8.03. The van der Waals surface area contributed by atoms with Crippen LogP contribution in [0.2, 0.25) is 0 Å². The van der Waals surface area contributed by atoms with Gasteiger partial charge in [-0.05, 0) is 69.2 Å². The zero-order valence-corrected chi connectivity index (χ0v) is 19.7. The number of carbonyl (C=O) groups is 2. The van der Waals surface area contributed by atoms with E-state index in [1.807, 2.05) is 0 Å². The maximum Gasteiger partial charge on any atom is 0.239 e. The minimum Gasteiger partial charge on any atom is -0.379 e. The molecule has 8 atom stereocenters. The van der Waals surface area contributed by atoms with Gasteiger partial charge in [-0.25, -0.2) is 0 Å². The second-order valence-corrected chi connectivity index (χ2v) is 10.5. The Morgan fingerprint density at radius 1 is 1.09 bits per heavy atom. The molecule has 3 heterocycles. The summed E-state index contributed by atoms with van der Waals surface area (Å²) in [6.07, 6.45) is 8.79. The molecule has 4 aliphatic rings. The largest absolute Gasteiger partial charge is 0.379 e. The number of piperidine rings is 1. The molecule has 3 saturated heterocycles. The van der Waals surface area contributed by atoms with E-state index in [1.54, 1.807) is 0 Å². The van der Waals surface area contributed by atoms with Crippen LogP contribution in [0.25, 0.3) is 0 Å². The summed E-state index contributed by atoms with van der Waals surface area (Å²) in [4.78, 5) is 31.7. The molecule has 3 aliphatic heterocycles. The van der Waals surface area contributed by atoms with Gasteiger partial charge >= 0.3 is 0 Å². The molecule has 8 nitrogen and oxygen atoms in total. The second-order valence-electron chi connectivity index (χ2n) is 10.5. The lowest BCUT2D eigenvalue weighted by molar-refractivity contribution is -0.161. The van der Waals surface area contributed by atoms with Gasteiger partial charge < -0.3 is 20.7 Å². The lowest BCUT2D eigenvalue weighted by Crippen LogP contribution is -2.60. The summed E-state index contributed by atoms with van der Waals surface area (Å²) in [5.74, 6) is 1.48. The summed E-state index contributed by atoms with van der Waals surface area (Å²) in [6, 6.07) is -0.0976. The van der Waals surface area contributed by atoms with Crippen LogP contribution in [0.5, 0.6) is 0 Å². The van der Waals surface area contributed by atoms with E-state index in [9.17, 15) is 9.59 Å². The van der Waals surface area contributed by atoms with Gasteiger partial charge in [0.05, 0.1) is 18.8 Å². The predicted octanol–water partition coefficient (Wildman–Crippen LogP) is 1.64.